The van der Waals surface area contributed by atoms with Crippen LogP contribution in [0.15, 0.2) is 6.07 Å². The molecule has 0 spiro atoms. The molecule has 14 heavy (non-hydrogen) atoms. The summed E-state index contributed by atoms with van der Waals surface area (Å²) < 4.78 is 38.0. The zero-order chi connectivity index (χ0) is 10.9. The first-order valence-electron chi connectivity index (χ1n) is 3.35. The summed E-state index contributed by atoms with van der Waals surface area (Å²) in [5, 5.41) is 10.3. The average Bonchev–Trinajstić information content (AvgIpc) is 2.12. The molecule has 1 aromatic rings. The van der Waals surface area contributed by atoms with Gasteiger partial charge in [-0.25, -0.2) is 8.78 Å². The van der Waals surface area contributed by atoms with Crippen LogP contribution in [0.2, 0.25) is 0 Å². The number of hydrogen-bond acceptors (Lipinski definition) is 2. The van der Waals surface area contributed by atoms with Gasteiger partial charge in [0.15, 0.2) is 5.82 Å². The number of halogens is 4. The van der Waals surface area contributed by atoms with E-state index in [1.807, 2.05) is 0 Å². The molecule has 0 fully saturated rings. The molecule has 0 saturated heterocycles. The minimum absolute atomic E-state index is 0.395. The summed E-state index contributed by atoms with van der Waals surface area (Å²) in [6, 6.07) is 0.504. The lowest BCUT2D eigenvalue weighted by Gasteiger charge is -2.01. The van der Waals surface area contributed by atoms with Gasteiger partial charge in [-0.15, -0.1) is 11.6 Å². The van der Waals surface area contributed by atoms with Crippen molar-refractivity contribution in [3.8, 4) is 0 Å². The minimum Gasteiger partial charge on any atom is -0.258 e. The molecule has 1 rings (SSSR count). The molecule has 0 radical (unpaired) electrons. The van der Waals surface area contributed by atoms with Gasteiger partial charge >= 0.3 is 5.69 Å². The van der Waals surface area contributed by atoms with E-state index in [0.717, 1.165) is 0 Å². The van der Waals surface area contributed by atoms with E-state index in [9.17, 15) is 23.3 Å². The number of benzene rings is 1. The van der Waals surface area contributed by atoms with Crippen LogP contribution in [0.4, 0.5) is 18.9 Å². The van der Waals surface area contributed by atoms with Crippen LogP contribution < -0.4 is 0 Å². The Kier molecular flexibility index (Phi) is 2.95. The van der Waals surface area contributed by atoms with Gasteiger partial charge in [0.2, 0.25) is 11.6 Å². The maximum atomic E-state index is 12.8. The fourth-order valence-electron chi connectivity index (χ4n) is 0.934. The van der Waals surface area contributed by atoms with Crippen LogP contribution in [0.25, 0.3) is 0 Å². The Hall–Kier alpha value is -1.30. The molecule has 0 aliphatic heterocycles. The zero-order valence-corrected chi connectivity index (χ0v) is 7.32. The molecule has 0 amide bonds. The quantitative estimate of drug-likeness (QED) is 0.336. The molecule has 0 aliphatic carbocycles. The fourth-order valence-corrected chi connectivity index (χ4v) is 1.14. The van der Waals surface area contributed by atoms with Gasteiger partial charge in [0.1, 0.15) is 0 Å². The Labute approximate surface area is 81.2 Å². The van der Waals surface area contributed by atoms with Gasteiger partial charge < -0.3 is 0 Å². The van der Waals surface area contributed by atoms with Crippen LogP contribution in [0, 0.1) is 27.6 Å². The highest BCUT2D eigenvalue weighted by molar-refractivity contribution is 6.17. The monoisotopic (exact) mass is 225 g/mol. The van der Waals surface area contributed by atoms with Crippen LogP contribution in [0.3, 0.4) is 0 Å². The first-order valence-corrected chi connectivity index (χ1v) is 3.89. The molecule has 0 atom stereocenters. The summed E-state index contributed by atoms with van der Waals surface area (Å²) in [7, 11) is 0. The molecule has 0 unspecified atom stereocenters. The first-order chi connectivity index (χ1) is 6.49. The second-order valence-corrected chi connectivity index (χ2v) is 2.65. The SMILES string of the molecule is O=[N+]([O-])c1c(CCl)cc(F)c(F)c1F. The van der Waals surface area contributed by atoms with Crippen molar-refractivity contribution in [3.05, 3.63) is 39.2 Å². The van der Waals surface area contributed by atoms with Gasteiger partial charge in [-0.3, -0.25) is 10.1 Å². The second-order valence-electron chi connectivity index (χ2n) is 2.38. The molecule has 3 nitrogen and oxygen atoms in total. The molecule has 1 aromatic carbocycles. The van der Waals surface area contributed by atoms with E-state index < -0.39 is 39.5 Å². The summed E-state index contributed by atoms with van der Waals surface area (Å²) in [5.41, 5.74) is -1.52. The van der Waals surface area contributed by atoms with E-state index in [-0.39, 0.29) is 0 Å². The molecule has 0 heterocycles. The van der Waals surface area contributed by atoms with Gasteiger partial charge in [-0.2, -0.15) is 4.39 Å². The van der Waals surface area contributed by atoms with Crippen molar-refractivity contribution in [1.82, 2.24) is 0 Å². The van der Waals surface area contributed by atoms with Gasteiger partial charge in [0, 0.05) is 0 Å². The van der Waals surface area contributed by atoms with E-state index in [1.54, 1.807) is 0 Å². The van der Waals surface area contributed by atoms with Crippen molar-refractivity contribution in [3.63, 3.8) is 0 Å². The van der Waals surface area contributed by atoms with Crippen LogP contribution in [0.5, 0.6) is 0 Å². The maximum Gasteiger partial charge on any atom is 0.312 e. The Bertz CT molecular complexity index is 397. The van der Waals surface area contributed by atoms with E-state index >= 15 is 0 Å². The van der Waals surface area contributed by atoms with Crippen molar-refractivity contribution < 1.29 is 18.1 Å². The fraction of sp³-hybridized carbons (Fsp3) is 0.143. The van der Waals surface area contributed by atoms with E-state index in [0.29, 0.717) is 6.07 Å². The van der Waals surface area contributed by atoms with Crippen LogP contribution >= 0.6 is 11.6 Å². The Balaban J connectivity index is 3.53. The van der Waals surface area contributed by atoms with Crippen molar-refractivity contribution in [2.24, 2.45) is 0 Å². The highest BCUT2D eigenvalue weighted by Crippen LogP contribution is 2.27. The van der Waals surface area contributed by atoms with Crippen LogP contribution in [0.1, 0.15) is 5.56 Å². The van der Waals surface area contributed by atoms with Gasteiger partial charge in [-0.1, -0.05) is 0 Å². The highest BCUT2D eigenvalue weighted by Gasteiger charge is 2.26. The number of hydrogen-bond donors (Lipinski definition) is 0. The standard InChI is InChI=1S/C7H3ClF3NO2/c8-2-3-1-4(9)5(10)6(11)7(3)12(13)14/h1H,2H2. The van der Waals surface area contributed by atoms with Crippen LogP contribution in [-0.2, 0) is 5.88 Å². The Morgan fingerprint density at radius 3 is 2.36 bits per heavy atom. The van der Waals surface area contributed by atoms with Gasteiger partial charge in [0.05, 0.1) is 16.4 Å². The summed E-state index contributed by atoms with van der Waals surface area (Å²) in [6.45, 7) is 0. The van der Waals surface area contributed by atoms with E-state index in [4.69, 9.17) is 11.6 Å². The molecule has 7 heteroatoms. The number of nitrogens with zero attached hydrogens (tertiary/aromatic N) is 1. The normalized spacial score (nSPS) is 10.3. The lowest BCUT2D eigenvalue weighted by Crippen LogP contribution is -2.02. The summed E-state index contributed by atoms with van der Waals surface area (Å²) in [5.74, 6) is -5.66. The summed E-state index contributed by atoms with van der Waals surface area (Å²) in [4.78, 5) is 9.14. The van der Waals surface area contributed by atoms with Crippen molar-refractivity contribution in [2.45, 2.75) is 5.88 Å². The third kappa shape index (κ3) is 1.65. The second kappa shape index (κ2) is 3.83. The third-order valence-corrected chi connectivity index (χ3v) is 1.83. The molecular weight excluding hydrogens is 223 g/mol. The Morgan fingerprint density at radius 2 is 1.93 bits per heavy atom. The molecule has 0 aromatic heterocycles. The minimum atomic E-state index is -1.87. The van der Waals surface area contributed by atoms with Crippen molar-refractivity contribution in [2.75, 3.05) is 0 Å². The largest absolute Gasteiger partial charge is 0.312 e. The molecule has 0 N–H and O–H groups in total. The predicted molar refractivity (Wildman–Crippen MR) is 42.5 cm³/mol. The molecule has 0 bridgehead atoms. The molecule has 0 aliphatic rings. The van der Waals surface area contributed by atoms with Gasteiger partial charge in [-0.05, 0) is 6.07 Å². The first kappa shape index (κ1) is 10.8. The van der Waals surface area contributed by atoms with Gasteiger partial charge in [0.25, 0.3) is 0 Å². The third-order valence-electron chi connectivity index (χ3n) is 1.54. The van der Waals surface area contributed by atoms with Crippen molar-refractivity contribution in [1.29, 1.82) is 0 Å². The summed E-state index contributed by atoms with van der Waals surface area (Å²) in [6.07, 6.45) is 0. The smallest absolute Gasteiger partial charge is 0.258 e. The lowest BCUT2D eigenvalue weighted by molar-refractivity contribution is -0.388. The summed E-state index contributed by atoms with van der Waals surface area (Å²) >= 11 is 5.21. The zero-order valence-electron chi connectivity index (χ0n) is 6.56. The Morgan fingerprint density at radius 1 is 1.36 bits per heavy atom. The lowest BCUT2D eigenvalue weighted by atomic mass is 10.2. The number of rotatable bonds is 2. The number of nitro groups is 1. The van der Waals surface area contributed by atoms with Crippen LogP contribution in [-0.4, -0.2) is 4.92 Å². The maximum absolute atomic E-state index is 12.8. The average molecular weight is 226 g/mol. The van der Waals surface area contributed by atoms with Crippen molar-refractivity contribution >= 4 is 17.3 Å². The number of alkyl halides is 1. The number of nitro benzene ring substituents is 1. The van der Waals surface area contributed by atoms with E-state index in [2.05, 4.69) is 0 Å². The molecule has 76 valence electrons. The molecule has 0 saturated carbocycles. The topological polar surface area (TPSA) is 43.1 Å². The highest BCUT2D eigenvalue weighted by atomic mass is 35.5. The predicted octanol–water partition coefficient (Wildman–Crippen LogP) is 2.75. The molecular formula is C7H3ClF3NO2. The van der Waals surface area contributed by atoms with E-state index in [1.165, 1.54) is 0 Å².